The fourth-order valence-electron chi connectivity index (χ4n) is 2.31. The van der Waals surface area contributed by atoms with Crippen LogP contribution < -0.4 is 10.1 Å². The Bertz CT molecular complexity index is 375. The fourth-order valence-corrected chi connectivity index (χ4v) is 2.31. The average Bonchev–Trinajstić information content (AvgIpc) is 2.39. The van der Waals surface area contributed by atoms with Crippen LogP contribution in [0.15, 0.2) is 24.3 Å². The van der Waals surface area contributed by atoms with Crippen molar-refractivity contribution in [2.45, 2.75) is 40.5 Å². The van der Waals surface area contributed by atoms with E-state index >= 15 is 0 Å². The van der Waals surface area contributed by atoms with E-state index in [2.05, 4.69) is 51.2 Å². The van der Waals surface area contributed by atoms with Gasteiger partial charge in [0.25, 0.3) is 0 Å². The maximum Gasteiger partial charge on any atom is 0.122 e. The Morgan fingerprint density at radius 1 is 1.26 bits per heavy atom. The SMILES string of the molecule is CCCNCC(C)(Cc1ccccc1OC)C(C)C. The quantitative estimate of drug-likeness (QED) is 0.718. The molecule has 0 spiro atoms. The summed E-state index contributed by atoms with van der Waals surface area (Å²) in [5.41, 5.74) is 1.56. The van der Waals surface area contributed by atoms with Gasteiger partial charge in [0.2, 0.25) is 0 Å². The van der Waals surface area contributed by atoms with Crippen molar-refractivity contribution < 1.29 is 4.74 Å². The molecule has 1 N–H and O–H groups in total. The number of para-hydroxylation sites is 1. The molecule has 0 saturated carbocycles. The van der Waals surface area contributed by atoms with Crippen LogP contribution in [0.3, 0.4) is 0 Å². The molecule has 0 radical (unpaired) electrons. The summed E-state index contributed by atoms with van der Waals surface area (Å²) in [6.07, 6.45) is 2.23. The lowest BCUT2D eigenvalue weighted by atomic mass is 9.74. The first kappa shape index (κ1) is 16.0. The van der Waals surface area contributed by atoms with Crippen LogP contribution in [0.5, 0.6) is 5.75 Å². The van der Waals surface area contributed by atoms with Gasteiger partial charge in [-0.25, -0.2) is 0 Å². The lowest BCUT2D eigenvalue weighted by Crippen LogP contribution is -2.38. The molecule has 1 rings (SSSR count). The number of methoxy groups -OCH3 is 1. The van der Waals surface area contributed by atoms with Crippen molar-refractivity contribution in [1.29, 1.82) is 0 Å². The van der Waals surface area contributed by atoms with Crippen LogP contribution in [0.2, 0.25) is 0 Å². The molecule has 0 saturated heterocycles. The van der Waals surface area contributed by atoms with E-state index < -0.39 is 0 Å². The van der Waals surface area contributed by atoms with Crippen LogP contribution in [0, 0.1) is 11.3 Å². The molecule has 1 aromatic carbocycles. The molecular weight excluding hydrogens is 234 g/mol. The minimum absolute atomic E-state index is 0.254. The van der Waals surface area contributed by atoms with Crippen molar-refractivity contribution in [1.82, 2.24) is 5.32 Å². The molecule has 19 heavy (non-hydrogen) atoms. The zero-order valence-corrected chi connectivity index (χ0v) is 13.1. The first-order valence-electron chi connectivity index (χ1n) is 7.36. The van der Waals surface area contributed by atoms with Gasteiger partial charge in [0.1, 0.15) is 5.75 Å². The summed E-state index contributed by atoms with van der Waals surface area (Å²) < 4.78 is 5.48. The summed E-state index contributed by atoms with van der Waals surface area (Å²) in [7, 11) is 1.75. The number of ether oxygens (including phenoxy) is 1. The molecule has 108 valence electrons. The van der Waals surface area contributed by atoms with E-state index in [1.807, 2.05) is 6.07 Å². The Hall–Kier alpha value is -1.02. The molecule has 0 bridgehead atoms. The van der Waals surface area contributed by atoms with Gasteiger partial charge < -0.3 is 10.1 Å². The van der Waals surface area contributed by atoms with Gasteiger partial charge in [-0.2, -0.15) is 0 Å². The molecule has 0 aliphatic carbocycles. The number of hydrogen-bond acceptors (Lipinski definition) is 2. The summed E-state index contributed by atoms with van der Waals surface area (Å²) in [6, 6.07) is 8.36. The Morgan fingerprint density at radius 2 is 1.95 bits per heavy atom. The van der Waals surface area contributed by atoms with Crippen molar-refractivity contribution in [3.05, 3.63) is 29.8 Å². The van der Waals surface area contributed by atoms with Crippen LogP contribution in [0.1, 0.15) is 39.7 Å². The Labute approximate surface area is 118 Å². The Balaban J connectivity index is 2.82. The molecule has 0 fully saturated rings. The normalized spacial score (nSPS) is 14.4. The molecule has 1 aromatic rings. The molecule has 1 unspecified atom stereocenters. The first-order valence-corrected chi connectivity index (χ1v) is 7.36. The highest BCUT2D eigenvalue weighted by molar-refractivity contribution is 5.34. The lowest BCUT2D eigenvalue weighted by molar-refractivity contribution is 0.205. The number of benzene rings is 1. The maximum atomic E-state index is 5.48. The second-order valence-electron chi connectivity index (χ2n) is 5.97. The number of hydrogen-bond donors (Lipinski definition) is 1. The third-order valence-electron chi connectivity index (χ3n) is 4.14. The van der Waals surface area contributed by atoms with Gasteiger partial charge in [-0.3, -0.25) is 0 Å². The zero-order valence-electron chi connectivity index (χ0n) is 13.1. The van der Waals surface area contributed by atoms with Gasteiger partial charge in [0, 0.05) is 6.54 Å². The largest absolute Gasteiger partial charge is 0.496 e. The van der Waals surface area contributed by atoms with E-state index in [9.17, 15) is 0 Å². The van der Waals surface area contributed by atoms with E-state index in [4.69, 9.17) is 4.74 Å². The minimum Gasteiger partial charge on any atom is -0.496 e. The van der Waals surface area contributed by atoms with Crippen LogP contribution in [0.25, 0.3) is 0 Å². The highest BCUT2D eigenvalue weighted by Crippen LogP contribution is 2.33. The van der Waals surface area contributed by atoms with Gasteiger partial charge >= 0.3 is 0 Å². The Morgan fingerprint density at radius 3 is 2.53 bits per heavy atom. The van der Waals surface area contributed by atoms with E-state index in [1.165, 1.54) is 12.0 Å². The van der Waals surface area contributed by atoms with Crippen molar-refractivity contribution in [2.24, 2.45) is 11.3 Å². The molecular formula is C17H29NO. The zero-order chi connectivity index (χ0) is 14.3. The monoisotopic (exact) mass is 263 g/mol. The summed E-state index contributed by atoms with van der Waals surface area (Å²) in [5.74, 6) is 1.63. The van der Waals surface area contributed by atoms with Crippen molar-refractivity contribution >= 4 is 0 Å². The predicted octanol–water partition coefficient (Wildman–Crippen LogP) is 3.90. The standard InChI is InChI=1S/C17H29NO/c1-6-11-18-13-17(4,14(2)3)12-15-9-7-8-10-16(15)19-5/h7-10,14,18H,6,11-13H2,1-5H3. The van der Waals surface area contributed by atoms with Gasteiger partial charge in [-0.1, -0.05) is 45.9 Å². The third kappa shape index (κ3) is 4.54. The van der Waals surface area contributed by atoms with Crippen LogP contribution in [-0.4, -0.2) is 20.2 Å². The fraction of sp³-hybridized carbons (Fsp3) is 0.647. The molecule has 0 amide bonds. The van der Waals surface area contributed by atoms with E-state index in [0.717, 1.165) is 25.3 Å². The van der Waals surface area contributed by atoms with Crippen LogP contribution in [0.4, 0.5) is 0 Å². The molecule has 0 heterocycles. The van der Waals surface area contributed by atoms with Gasteiger partial charge in [-0.05, 0) is 42.3 Å². The lowest BCUT2D eigenvalue weighted by Gasteiger charge is -2.35. The van der Waals surface area contributed by atoms with E-state index in [1.54, 1.807) is 7.11 Å². The molecule has 0 aromatic heterocycles. The molecule has 0 aliphatic rings. The van der Waals surface area contributed by atoms with Crippen LogP contribution >= 0.6 is 0 Å². The minimum atomic E-state index is 0.254. The predicted molar refractivity (Wildman–Crippen MR) is 82.8 cm³/mol. The Kier molecular flexibility index (Phi) is 6.36. The average molecular weight is 263 g/mol. The molecule has 2 nitrogen and oxygen atoms in total. The summed E-state index contributed by atoms with van der Waals surface area (Å²) in [4.78, 5) is 0. The third-order valence-corrected chi connectivity index (χ3v) is 4.14. The van der Waals surface area contributed by atoms with Crippen molar-refractivity contribution in [2.75, 3.05) is 20.2 Å². The highest BCUT2D eigenvalue weighted by atomic mass is 16.5. The summed E-state index contributed by atoms with van der Waals surface area (Å²) in [6.45, 7) is 11.3. The van der Waals surface area contributed by atoms with E-state index in [-0.39, 0.29) is 5.41 Å². The van der Waals surface area contributed by atoms with Crippen molar-refractivity contribution in [3.63, 3.8) is 0 Å². The second kappa shape index (κ2) is 7.54. The molecule has 1 atom stereocenters. The molecule has 0 aliphatic heterocycles. The second-order valence-corrected chi connectivity index (χ2v) is 5.97. The number of rotatable bonds is 8. The smallest absolute Gasteiger partial charge is 0.122 e. The number of nitrogens with one attached hydrogen (secondary N) is 1. The van der Waals surface area contributed by atoms with Crippen LogP contribution in [-0.2, 0) is 6.42 Å². The summed E-state index contributed by atoms with van der Waals surface area (Å²) >= 11 is 0. The topological polar surface area (TPSA) is 21.3 Å². The maximum absolute atomic E-state index is 5.48. The van der Waals surface area contributed by atoms with Gasteiger partial charge in [0.05, 0.1) is 7.11 Å². The van der Waals surface area contributed by atoms with E-state index in [0.29, 0.717) is 5.92 Å². The van der Waals surface area contributed by atoms with Gasteiger partial charge in [0.15, 0.2) is 0 Å². The molecule has 2 heteroatoms. The summed E-state index contributed by atoms with van der Waals surface area (Å²) in [5, 5.41) is 3.57. The first-order chi connectivity index (χ1) is 9.03. The van der Waals surface area contributed by atoms with Crippen molar-refractivity contribution in [3.8, 4) is 5.75 Å². The van der Waals surface area contributed by atoms with Gasteiger partial charge in [-0.15, -0.1) is 0 Å². The highest BCUT2D eigenvalue weighted by Gasteiger charge is 2.29.